The fraction of sp³-hybridized carbons (Fsp3) is 0.333. The first-order valence-electron chi connectivity index (χ1n) is 8.17. The first-order valence-corrected chi connectivity index (χ1v) is 8.99. The number of rotatable bonds is 3. The summed E-state index contributed by atoms with van der Waals surface area (Å²) >= 11 is 1.54. The Labute approximate surface area is 143 Å². The zero-order valence-electron chi connectivity index (χ0n) is 13.2. The predicted molar refractivity (Wildman–Crippen MR) is 96.2 cm³/mol. The largest absolute Gasteiger partial charge is 0.392 e. The number of aliphatic hydroxyl groups excluding tert-OH is 1. The molecule has 124 valence electrons. The van der Waals surface area contributed by atoms with Gasteiger partial charge in [0.25, 0.3) is 5.56 Å². The number of H-pyrrole nitrogens is 1. The van der Waals surface area contributed by atoms with Gasteiger partial charge in [-0.15, -0.1) is 11.3 Å². The van der Waals surface area contributed by atoms with Crippen molar-refractivity contribution < 1.29 is 5.11 Å². The molecule has 1 aliphatic heterocycles. The van der Waals surface area contributed by atoms with Crippen LogP contribution in [0.15, 0.2) is 41.2 Å². The number of aromatic amines is 1. The van der Waals surface area contributed by atoms with Crippen molar-refractivity contribution in [3.63, 3.8) is 0 Å². The highest BCUT2D eigenvalue weighted by Crippen LogP contribution is 2.30. The van der Waals surface area contributed by atoms with Gasteiger partial charge in [-0.3, -0.25) is 9.69 Å². The first-order chi connectivity index (χ1) is 11.7. The molecular weight excluding hydrogens is 322 g/mol. The van der Waals surface area contributed by atoms with Crippen LogP contribution in [0.25, 0.3) is 20.7 Å². The van der Waals surface area contributed by atoms with Gasteiger partial charge < -0.3 is 10.1 Å². The van der Waals surface area contributed by atoms with Crippen molar-refractivity contribution in [2.45, 2.75) is 25.5 Å². The predicted octanol–water partition coefficient (Wildman–Crippen LogP) is 2.61. The van der Waals surface area contributed by atoms with Gasteiger partial charge in [0.2, 0.25) is 0 Å². The lowest BCUT2D eigenvalue weighted by Crippen LogP contribution is -2.38. The van der Waals surface area contributed by atoms with Gasteiger partial charge in [0.05, 0.1) is 18.0 Å². The van der Waals surface area contributed by atoms with Crippen LogP contribution in [0, 0.1) is 0 Å². The van der Waals surface area contributed by atoms with Crippen LogP contribution in [-0.2, 0) is 6.54 Å². The fourth-order valence-electron chi connectivity index (χ4n) is 3.18. The zero-order chi connectivity index (χ0) is 16.5. The number of piperidine rings is 1. The molecule has 2 N–H and O–H groups in total. The third-order valence-electron chi connectivity index (χ3n) is 4.36. The van der Waals surface area contributed by atoms with Crippen LogP contribution in [0.4, 0.5) is 0 Å². The van der Waals surface area contributed by atoms with Gasteiger partial charge in [-0.25, -0.2) is 4.98 Å². The summed E-state index contributed by atoms with van der Waals surface area (Å²) in [5.41, 5.74) is 1.01. The molecule has 24 heavy (non-hydrogen) atoms. The smallest absolute Gasteiger partial charge is 0.259 e. The topological polar surface area (TPSA) is 69.2 Å². The third kappa shape index (κ3) is 3.13. The molecule has 1 fully saturated rings. The van der Waals surface area contributed by atoms with Crippen LogP contribution >= 0.6 is 11.3 Å². The standard InChI is InChI=1S/C18H19N3O2S/c22-13-7-4-8-21(10-13)11-16-19-17(23)14-9-15(24-18(14)20-16)12-5-2-1-3-6-12/h1-3,5-6,9,13,22H,4,7-8,10-11H2,(H,19,20,23). The molecule has 3 heterocycles. The minimum Gasteiger partial charge on any atom is -0.392 e. The van der Waals surface area contributed by atoms with Crippen molar-refractivity contribution in [2.24, 2.45) is 0 Å². The van der Waals surface area contributed by atoms with E-state index in [0.29, 0.717) is 24.3 Å². The number of hydrogen-bond donors (Lipinski definition) is 2. The molecule has 1 unspecified atom stereocenters. The normalized spacial score (nSPS) is 19.0. The monoisotopic (exact) mass is 341 g/mol. The number of β-amino-alcohol motifs (C(OH)–C–C–N with tert-alkyl or cyclic N) is 1. The van der Waals surface area contributed by atoms with E-state index in [1.54, 1.807) is 11.3 Å². The summed E-state index contributed by atoms with van der Waals surface area (Å²) in [5.74, 6) is 0.670. The SMILES string of the molecule is O=c1[nH]c(CN2CCCC(O)C2)nc2sc(-c3ccccc3)cc12. The number of aromatic nitrogens is 2. The highest BCUT2D eigenvalue weighted by atomic mass is 32.1. The lowest BCUT2D eigenvalue weighted by atomic mass is 10.1. The zero-order valence-corrected chi connectivity index (χ0v) is 14.1. The number of hydrogen-bond acceptors (Lipinski definition) is 5. The Balaban J connectivity index is 1.65. The van der Waals surface area contributed by atoms with Crippen LogP contribution in [-0.4, -0.2) is 39.2 Å². The van der Waals surface area contributed by atoms with Gasteiger partial charge in [0.15, 0.2) is 0 Å². The third-order valence-corrected chi connectivity index (χ3v) is 5.44. The van der Waals surface area contributed by atoms with E-state index in [0.717, 1.165) is 34.7 Å². The summed E-state index contributed by atoms with van der Waals surface area (Å²) in [4.78, 5) is 23.9. The molecule has 2 aromatic heterocycles. The number of aliphatic hydroxyl groups is 1. The summed E-state index contributed by atoms with van der Waals surface area (Å²) < 4.78 is 0. The average molecular weight is 341 g/mol. The summed E-state index contributed by atoms with van der Waals surface area (Å²) in [6.07, 6.45) is 1.55. The minimum absolute atomic E-state index is 0.0917. The summed E-state index contributed by atoms with van der Waals surface area (Å²) in [5, 5.41) is 10.4. The highest BCUT2D eigenvalue weighted by Gasteiger charge is 2.19. The van der Waals surface area contributed by atoms with Crippen molar-refractivity contribution >= 4 is 21.6 Å². The number of benzene rings is 1. The van der Waals surface area contributed by atoms with E-state index < -0.39 is 0 Å². The Kier molecular flexibility index (Phi) is 4.18. The van der Waals surface area contributed by atoms with Crippen LogP contribution in [0.1, 0.15) is 18.7 Å². The quantitative estimate of drug-likeness (QED) is 0.768. The summed E-state index contributed by atoms with van der Waals surface area (Å²) in [7, 11) is 0. The van der Waals surface area contributed by atoms with E-state index in [1.165, 1.54) is 0 Å². The molecular formula is C18H19N3O2S. The van der Waals surface area contributed by atoms with E-state index in [-0.39, 0.29) is 11.7 Å². The van der Waals surface area contributed by atoms with Gasteiger partial charge in [-0.05, 0) is 31.0 Å². The molecule has 4 rings (SSSR count). The van der Waals surface area contributed by atoms with E-state index in [1.807, 2.05) is 36.4 Å². The number of nitrogens with zero attached hydrogens (tertiary/aromatic N) is 2. The van der Waals surface area contributed by atoms with Crippen LogP contribution in [0.3, 0.4) is 0 Å². The van der Waals surface area contributed by atoms with Crippen LogP contribution < -0.4 is 5.56 Å². The van der Waals surface area contributed by atoms with Gasteiger partial charge in [0.1, 0.15) is 10.7 Å². The minimum atomic E-state index is -0.277. The molecule has 5 nitrogen and oxygen atoms in total. The molecule has 0 spiro atoms. The Morgan fingerprint density at radius 2 is 2.17 bits per heavy atom. The fourth-order valence-corrected chi connectivity index (χ4v) is 4.24. The lowest BCUT2D eigenvalue weighted by molar-refractivity contribution is 0.0655. The molecule has 0 aliphatic carbocycles. The molecule has 3 aromatic rings. The average Bonchev–Trinajstić information content (AvgIpc) is 3.00. The van der Waals surface area contributed by atoms with Crippen LogP contribution in [0.5, 0.6) is 0 Å². The van der Waals surface area contributed by atoms with E-state index in [9.17, 15) is 9.90 Å². The van der Waals surface area contributed by atoms with Crippen molar-refractivity contribution in [2.75, 3.05) is 13.1 Å². The van der Waals surface area contributed by atoms with E-state index in [4.69, 9.17) is 0 Å². The number of fused-ring (bicyclic) bond motifs is 1. The van der Waals surface area contributed by atoms with Crippen molar-refractivity contribution in [1.82, 2.24) is 14.9 Å². The van der Waals surface area contributed by atoms with Crippen molar-refractivity contribution in [3.05, 3.63) is 52.6 Å². The molecule has 0 amide bonds. The molecule has 0 bridgehead atoms. The van der Waals surface area contributed by atoms with Gasteiger partial charge in [-0.2, -0.15) is 0 Å². The molecule has 1 aromatic carbocycles. The second kappa shape index (κ2) is 6.47. The Bertz CT molecular complexity index is 904. The Morgan fingerprint density at radius 3 is 2.96 bits per heavy atom. The number of thiophene rings is 1. The number of likely N-dealkylation sites (tertiary alicyclic amines) is 1. The van der Waals surface area contributed by atoms with Crippen molar-refractivity contribution in [1.29, 1.82) is 0 Å². The van der Waals surface area contributed by atoms with Gasteiger partial charge >= 0.3 is 0 Å². The van der Waals surface area contributed by atoms with E-state index >= 15 is 0 Å². The molecule has 0 radical (unpaired) electrons. The molecule has 1 aliphatic rings. The molecule has 1 atom stereocenters. The molecule has 0 saturated carbocycles. The Morgan fingerprint density at radius 1 is 1.33 bits per heavy atom. The number of nitrogens with one attached hydrogen (secondary N) is 1. The highest BCUT2D eigenvalue weighted by molar-refractivity contribution is 7.21. The maximum absolute atomic E-state index is 12.4. The van der Waals surface area contributed by atoms with Crippen LogP contribution in [0.2, 0.25) is 0 Å². The molecule has 1 saturated heterocycles. The lowest BCUT2D eigenvalue weighted by Gasteiger charge is -2.29. The molecule has 6 heteroatoms. The Hall–Kier alpha value is -2.02. The second-order valence-electron chi connectivity index (χ2n) is 6.24. The van der Waals surface area contributed by atoms with Gasteiger partial charge in [-0.1, -0.05) is 30.3 Å². The van der Waals surface area contributed by atoms with Gasteiger partial charge in [0, 0.05) is 11.4 Å². The maximum Gasteiger partial charge on any atom is 0.259 e. The second-order valence-corrected chi connectivity index (χ2v) is 7.27. The summed E-state index contributed by atoms with van der Waals surface area (Å²) in [6.45, 7) is 2.14. The van der Waals surface area contributed by atoms with E-state index in [2.05, 4.69) is 14.9 Å². The van der Waals surface area contributed by atoms with Crippen molar-refractivity contribution in [3.8, 4) is 10.4 Å². The summed E-state index contributed by atoms with van der Waals surface area (Å²) in [6, 6.07) is 11.9. The first kappa shape index (κ1) is 15.5. The maximum atomic E-state index is 12.4.